The number of nitrogens with zero attached hydrogens (tertiary/aromatic N) is 3. The van der Waals surface area contributed by atoms with E-state index in [-0.39, 0.29) is 5.91 Å². The summed E-state index contributed by atoms with van der Waals surface area (Å²) in [5.41, 5.74) is 0.643. The molecule has 3 rings (SSSR count). The van der Waals surface area contributed by atoms with Gasteiger partial charge in [-0.1, -0.05) is 30.3 Å². The fourth-order valence-corrected chi connectivity index (χ4v) is 3.36. The normalized spacial score (nSPS) is 21.7. The summed E-state index contributed by atoms with van der Waals surface area (Å²) in [5.74, 6) is 0.302. The lowest BCUT2D eigenvalue weighted by atomic mass is 9.98. The summed E-state index contributed by atoms with van der Waals surface area (Å²) in [6, 6.07) is 12.8. The first kappa shape index (κ1) is 16.9. The van der Waals surface area contributed by atoms with Gasteiger partial charge in [0.25, 0.3) is 0 Å². The Labute approximate surface area is 144 Å². The highest BCUT2D eigenvalue weighted by Gasteiger charge is 2.43. The maximum absolute atomic E-state index is 12.3. The summed E-state index contributed by atoms with van der Waals surface area (Å²) in [7, 11) is 0. The maximum Gasteiger partial charge on any atom is 0.235 e. The van der Waals surface area contributed by atoms with Crippen LogP contribution in [0.1, 0.15) is 25.3 Å². The minimum atomic E-state index is -0.688. The van der Waals surface area contributed by atoms with E-state index in [9.17, 15) is 10.1 Å². The molecule has 2 aliphatic rings. The number of amides is 1. The second-order valence-corrected chi connectivity index (χ2v) is 7.17. The largest absolute Gasteiger partial charge is 0.337 e. The fourth-order valence-electron chi connectivity index (χ4n) is 3.36. The Morgan fingerprint density at radius 2 is 1.83 bits per heavy atom. The van der Waals surface area contributed by atoms with Gasteiger partial charge in [0.15, 0.2) is 0 Å². The lowest BCUT2D eigenvalue weighted by molar-refractivity contribution is -0.124. The third kappa shape index (κ3) is 4.34. The molecule has 1 aliphatic heterocycles. The van der Waals surface area contributed by atoms with E-state index in [4.69, 9.17) is 0 Å². The Bertz CT molecular complexity index is 600. The number of carbonyl (C=O) groups is 1. The van der Waals surface area contributed by atoms with Crippen LogP contribution in [-0.2, 0) is 11.3 Å². The molecule has 0 aromatic heterocycles. The summed E-state index contributed by atoms with van der Waals surface area (Å²) < 4.78 is 0. The van der Waals surface area contributed by atoms with E-state index in [1.54, 1.807) is 0 Å². The second kappa shape index (κ2) is 7.33. The van der Waals surface area contributed by atoms with E-state index < -0.39 is 5.54 Å². The van der Waals surface area contributed by atoms with Crippen LogP contribution in [0, 0.1) is 17.2 Å². The van der Waals surface area contributed by atoms with Crippen LogP contribution >= 0.6 is 0 Å². The van der Waals surface area contributed by atoms with E-state index in [2.05, 4.69) is 45.5 Å². The van der Waals surface area contributed by atoms with Gasteiger partial charge in [-0.2, -0.15) is 5.26 Å². The van der Waals surface area contributed by atoms with Crippen LogP contribution in [0.5, 0.6) is 0 Å². The molecule has 1 heterocycles. The molecule has 1 aliphatic carbocycles. The smallest absolute Gasteiger partial charge is 0.235 e. The van der Waals surface area contributed by atoms with Crippen LogP contribution < -0.4 is 5.32 Å². The zero-order valence-electron chi connectivity index (χ0n) is 14.4. The molecular weight excluding hydrogens is 300 g/mol. The van der Waals surface area contributed by atoms with Crippen molar-refractivity contribution in [2.24, 2.45) is 5.92 Å². The van der Waals surface area contributed by atoms with Crippen molar-refractivity contribution in [3.8, 4) is 6.07 Å². The molecule has 1 amide bonds. The minimum absolute atomic E-state index is 0.0255. The summed E-state index contributed by atoms with van der Waals surface area (Å²) in [5, 5.41) is 12.3. The van der Waals surface area contributed by atoms with E-state index >= 15 is 0 Å². The van der Waals surface area contributed by atoms with Crippen LogP contribution in [0.25, 0.3) is 0 Å². The van der Waals surface area contributed by atoms with Crippen molar-refractivity contribution in [3.05, 3.63) is 35.9 Å². The van der Waals surface area contributed by atoms with Crippen LogP contribution in [-0.4, -0.2) is 54.0 Å². The molecule has 1 saturated carbocycles. The Hall–Kier alpha value is -1.90. The first-order valence-corrected chi connectivity index (χ1v) is 8.80. The van der Waals surface area contributed by atoms with Gasteiger partial charge in [-0.05, 0) is 31.2 Å². The Morgan fingerprint density at radius 3 is 2.42 bits per heavy atom. The first-order valence-electron chi connectivity index (χ1n) is 8.80. The zero-order valence-corrected chi connectivity index (χ0v) is 14.4. The Morgan fingerprint density at radius 1 is 1.21 bits per heavy atom. The average molecular weight is 326 g/mol. The van der Waals surface area contributed by atoms with Crippen molar-refractivity contribution in [1.29, 1.82) is 5.26 Å². The molecule has 1 N–H and O–H groups in total. The molecule has 0 radical (unpaired) electrons. The lowest BCUT2D eigenvalue weighted by Gasteiger charge is -2.35. The van der Waals surface area contributed by atoms with Crippen LogP contribution in [0.2, 0.25) is 0 Å². The van der Waals surface area contributed by atoms with E-state index in [1.165, 1.54) is 5.56 Å². The molecule has 128 valence electrons. The lowest BCUT2D eigenvalue weighted by Crippen LogP contribution is -2.53. The number of benzene rings is 1. The molecule has 5 heteroatoms. The summed E-state index contributed by atoms with van der Waals surface area (Å²) in [6.45, 7) is 6.94. The molecule has 0 spiro atoms. The molecule has 24 heavy (non-hydrogen) atoms. The molecule has 1 saturated heterocycles. The quantitative estimate of drug-likeness (QED) is 0.863. The number of nitrogens with one attached hydrogen (secondary N) is 1. The van der Waals surface area contributed by atoms with Crippen molar-refractivity contribution in [3.63, 3.8) is 0 Å². The number of hydrogen-bond donors (Lipinski definition) is 1. The van der Waals surface area contributed by atoms with Crippen LogP contribution in [0.4, 0.5) is 0 Å². The molecular formula is C19H26N4O. The molecule has 5 nitrogen and oxygen atoms in total. The Kier molecular flexibility index (Phi) is 5.17. The number of piperazine rings is 1. The average Bonchev–Trinajstić information content (AvgIpc) is 3.43. The third-order valence-corrected chi connectivity index (χ3v) is 5.11. The van der Waals surface area contributed by atoms with Crippen LogP contribution in [0.15, 0.2) is 30.3 Å². The number of nitriles is 1. The highest BCUT2D eigenvalue weighted by molar-refractivity contribution is 5.79. The van der Waals surface area contributed by atoms with E-state index in [0.29, 0.717) is 12.5 Å². The van der Waals surface area contributed by atoms with E-state index in [1.807, 2.05) is 13.0 Å². The number of carbonyl (C=O) groups excluding carboxylic acids is 1. The highest BCUT2D eigenvalue weighted by Crippen LogP contribution is 2.39. The van der Waals surface area contributed by atoms with Crippen molar-refractivity contribution >= 4 is 5.91 Å². The first-order chi connectivity index (χ1) is 11.6. The monoisotopic (exact) mass is 326 g/mol. The molecule has 1 aromatic rings. The van der Waals surface area contributed by atoms with Gasteiger partial charge in [0, 0.05) is 32.7 Å². The van der Waals surface area contributed by atoms with Gasteiger partial charge in [-0.3, -0.25) is 14.6 Å². The van der Waals surface area contributed by atoms with Gasteiger partial charge in [-0.15, -0.1) is 0 Å². The zero-order chi connectivity index (χ0) is 17.0. The highest BCUT2D eigenvalue weighted by atomic mass is 16.2. The molecule has 0 bridgehead atoms. The van der Waals surface area contributed by atoms with Gasteiger partial charge in [-0.25, -0.2) is 0 Å². The predicted molar refractivity (Wildman–Crippen MR) is 93.0 cm³/mol. The van der Waals surface area contributed by atoms with Crippen molar-refractivity contribution in [2.75, 3.05) is 32.7 Å². The van der Waals surface area contributed by atoms with Gasteiger partial charge in [0.05, 0.1) is 12.6 Å². The number of hydrogen-bond acceptors (Lipinski definition) is 4. The van der Waals surface area contributed by atoms with Crippen molar-refractivity contribution in [2.45, 2.75) is 31.8 Å². The maximum atomic E-state index is 12.3. The van der Waals surface area contributed by atoms with Gasteiger partial charge < -0.3 is 5.32 Å². The van der Waals surface area contributed by atoms with Crippen LogP contribution in [0.3, 0.4) is 0 Å². The topological polar surface area (TPSA) is 59.4 Å². The minimum Gasteiger partial charge on any atom is -0.337 e. The molecule has 1 aromatic carbocycles. The summed E-state index contributed by atoms with van der Waals surface area (Å²) in [4.78, 5) is 16.9. The van der Waals surface area contributed by atoms with Crippen molar-refractivity contribution in [1.82, 2.24) is 15.1 Å². The summed E-state index contributed by atoms with van der Waals surface area (Å²) in [6.07, 6.45) is 2.09. The van der Waals surface area contributed by atoms with Gasteiger partial charge in [0.1, 0.15) is 5.54 Å². The molecule has 0 unspecified atom stereocenters. The Balaban J connectivity index is 1.42. The fraction of sp³-hybridized carbons (Fsp3) is 0.579. The second-order valence-electron chi connectivity index (χ2n) is 7.17. The third-order valence-electron chi connectivity index (χ3n) is 5.11. The predicted octanol–water partition coefficient (Wildman–Crippen LogP) is 1.61. The van der Waals surface area contributed by atoms with Crippen molar-refractivity contribution < 1.29 is 4.79 Å². The molecule has 2 fully saturated rings. The van der Waals surface area contributed by atoms with Gasteiger partial charge in [0.2, 0.25) is 5.91 Å². The molecule has 1 atom stereocenters. The number of rotatable bonds is 6. The van der Waals surface area contributed by atoms with Gasteiger partial charge >= 0.3 is 0 Å². The summed E-state index contributed by atoms with van der Waals surface area (Å²) >= 11 is 0. The van der Waals surface area contributed by atoms with E-state index in [0.717, 1.165) is 45.6 Å². The standard InChI is InChI=1S/C19H26N4O/c1-19(15-20,17-7-8-17)21-18(24)14-23-11-9-22(10-12-23)13-16-5-3-2-4-6-16/h2-6,17H,7-14H2,1H3,(H,21,24)/t19-/m0/s1. The SMILES string of the molecule is C[C@@](C#N)(NC(=O)CN1CCN(Cc2ccccc2)CC1)C1CC1.